The van der Waals surface area contributed by atoms with Crippen molar-refractivity contribution in [1.29, 1.82) is 0 Å². The summed E-state index contributed by atoms with van der Waals surface area (Å²) in [6.45, 7) is 4.15. The number of ether oxygens (including phenoxy) is 1. The average Bonchev–Trinajstić information content (AvgIpc) is 2.34. The highest BCUT2D eigenvalue weighted by Gasteiger charge is 2.01. The number of amides is 1. The number of benzene rings is 1. The van der Waals surface area contributed by atoms with Crippen molar-refractivity contribution in [3.8, 4) is 5.75 Å². The van der Waals surface area contributed by atoms with Crippen LogP contribution in [0.25, 0.3) is 0 Å². The Morgan fingerprint density at radius 3 is 2.67 bits per heavy atom. The predicted octanol–water partition coefficient (Wildman–Crippen LogP) is 2.85. The molecule has 98 valence electrons. The summed E-state index contributed by atoms with van der Waals surface area (Å²) in [7, 11) is 0. The van der Waals surface area contributed by atoms with E-state index in [1.807, 2.05) is 0 Å². The van der Waals surface area contributed by atoms with E-state index in [2.05, 4.69) is 11.9 Å². The molecule has 0 spiro atoms. The molecule has 0 aromatic heterocycles. The van der Waals surface area contributed by atoms with E-state index in [0.717, 1.165) is 0 Å². The van der Waals surface area contributed by atoms with Crippen molar-refractivity contribution >= 4 is 17.5 Å². The molecular weight excluding hydrogens is 257 g/mol. The molecular formula is C13H15ClFNO2. The van der Waals surface area contributed by atoms with Gasteiger partial charge in [0.05, 0.1) is 13.2 Å². The molecule has 0 unspecified atom stereocenters. The van der Waals surface area contributed by atoms with Gasteiger partial charge in [-0.25, -0.2) is 4.39 Å². The molecule has 0 atom stereocenters. The number of hydrogen-bond acceptors (Lipinski definition) is 2. The van der Waals surface area contributed by atoms with Crippen molar-refractivity contribution in [1.82, 2.24) is 5.32 Å². The van der Waals surface area contributed by atoms with Crippen molar-refractivity contribution in [2.75, 3.05) is 13.2 Å². The van der Waals surface area contributed by atoms with Crippen LogP contribution in [-0.2, 0) is 4.79 Å². The zero-order valence-electron chi connectivity index (χ0n) is 9.92. The first-order valence-electron chi connectivity index (χ1n) is 5.56. The Morgan fingerprint density at radius 1 is 1.39 bits per heavy atom. The molecule has 0 fully saturated rings. The van der Waals surface area contributed by atoms with Gasteiger partial charge in [-0.15, -0.1) is 0 Å². The minimum absolute atomic E-state index is 0.0977. The van der Waals surface area contributed by atoms with Crippen molar-refractivity contribution in [3.05, 3.63) is 41.7 Å². The SMILES string of the molecule is C=C(Cl)CNC(=O)CCCOc1ccc(F)cc1. The van der Waals surface area contributed by atoms with Crippen LogP contribution < -0.4 is 10.1 Å². The number of hydrogen-bond donors (Lipinski definition) is 1. The number of nitrogens with one attached hydrogen (secondary N) is 1. The lowest BCUT2D eigenvalue weighted by Crippen LogP contribution is -2.24. The molecule has 3 nitrogen and oxygen atoms in total. The maximum atomic E-state index is 12.6. The highest BCUT2D eigenvalue weighted by molar-refractivity contribution is 6.29. The van der Waals surface area contributed by atoms with Gasteiger partial charge in [0.2, 0.25) is 5.91 Å². The van der Waals surface area contributed by atoms with Crippen LogP contribution in [0, 0.1) is 5.82 Å². The Labute approximate surface area is 111 Å². The van der Waals surface area contributed by atoms with Crippen LogP contribution in [-0.4, -0.2) is 19.1 Å². The first-order valence-corrected chi connectivity index (χ1v) is 5.94. The van der Waals surface area contributed by atoms with E-state index in [-0.39, 0.29) is 18.3 Å². The van der Waals surface area contributed by atoms with Crippen molar-refractivity contribution in [3.63, 3.8) is 0 Å². The van der Waals surface area contributed by atoms with Gasteiger partial charge in [-0.2, -0.15) is 0 Å². The Balaban J connectivity index is 2.13. The highest BCUT2D eigenvalue weighted by atomic mass is 35.5. The third-order valence-corrected chi connectivity index (χ3v) is 2.24. The van der Waals surface area contributed by atoms with Crippen LogP contribution in [0.15, 0.2) is 35.9 Å². The fourth-order valence-corrected chi connectivity index (χ4v) is 1.30. The summed E-state index contributed by atoms with van der Waals surface area (Å²) >= 11 is 5.51. The standard InChI is InChI=1S/C13H15ClFNO2/c1-10(14)9-16-13(17)3-2-8-18-12-6-4-11(15)5-7-12/h4-7H,1-3,8-9H2,(H,16,17). The first-order chi connectivity index (χ1) is 8.58. The number of carbonyl (C=O) groups excluding carboxylic acids is 1. The summed E-state index contributed by atoms with van der Waals surface area (Å²) in [5, 5.41) is 3.01. The van der Waals surface area contributed by atoms with E-state index in [1.54, 1.807) is 12.1 Å². The van der Waals surface area contributed by atoms with E-state index in [1.165, 1.54) is 12.1 Å². The van der Waals surface area contributed by atoms with E-state index in [9.17, 15) is 9.18 Å². The Kier molecular flexibility index (Phi) is 6.22. The molecule has 1 aromatic carbocycles. The van der Waals surface area contributed by atoms with Crippen molar-refractivity contribution in [2.24, 2.45) is 0 Å². The summed E-state index contributed by atoms with van der Waals surface area (Å²) in [6.07, 6.45) is 0.934. The van der Waals surface area contributed by atoms with Gasteiger partial charge >= 0.3 is 0 Å². The Bertz CT molecular complexity index is 406. The molecule has 0 aliphatic carbocycles. The van der Waals surface area contributed by atoms with Gasteiger partial charge in [0.15, 0.2) is 0 Å². The van der Waals surface area contributed by atoms with Crippen LogP contribution in [0.2, 0.25) is 0 Å². The van der Waals surface area contributed by atoms with Gasteiger partial charge in [-0.1, -0.05) is 18.2 Å². The third kappa shape index (κ3) is 6.25. The second kappa shape index (κ2) is 7.71. The topological polar surface area (TPSA) is 38.3 Å². The highest BCUT2D eigenvalue weighted by Crippen LogP contribution is 2.11. The molecule has 0 aliphatic rings. The molecule has 0 radical (unpaired) electrons. The van der Waals surface area contributed by atoms with E-state index in [0.29, 0.717) is 30.2 Å². The molecule has 0 bridgehead atoms. The van der Waals surface area contributed by atoms with Crippen LogP contribution in [0.5, 0.6) is 5.75 Å². The first kappa shape index (κ1) is 14.5. The molecule has 0 aliphatic heterocycles. The fraction of sp³-hybridized carbons (Fsp3) is 0.308. The molecule has 0 heterocycles. The van der Waals surface area contributed by atoms with E-state index >= 15 is 0 Å². The smallest absolute Gasteiger partial charge is 0.220 e. The number of carbonyl (C=O) groups is 1. The molecule has 1 amide bonds. The summed E-state index contributed by atoms with van der Waals surface area (Å²) in [4.78, 5) is 11.3. The fourth-order valence-electron chi connectivity index (χ4n) is 1.24. The lowest BCUT2D eigenvalue weighted by atomic mass is 10.3. The van der Waals surface area contributed by atoms with Crippen molar-refractivity contribution in [2.45, 2.75) is 12.8 Å². The lowest BCUT2D eigenvalue weighted by molar-refractivity contribution is -0.121. The minimum Gasteiger partial charge on any atom is -0.494 e. The summed E-state index contributed by atoms with van der Waals surface area (Å²) in [5.74, 6) is 0.188. The Hall–Kier alpha value is -1.55. The van der Waals surface area contributed by atoms with E-state index < -0.39 is 0 Å². The molecule has 1 rings (SSSR count). The van der Waals surface area contributed by atoms with Crippen LogP contribution in [0.3, 0.4) is 0 Å². The zero-order valence-corrected chi connectivity index (χ0v) is 10.7. The maximum absolute atomic E-state index is 12.6. The normalized spacial score (nSPS) is 9.89. The Morgan fingerprint density at radius 2 is 2.06 bits per heavy atom. The molecule has 18 heavy (non-hydrogen) atoms. The second-order valence-corrected chi connectivity index (χ2v) is 4.23. The largest absolute Gasteiger partial charge is 0.494 e. The summed E-state index contributed by atoms with van der Waals surface area (Å²) < 4.78 is 18.0. The minimum atomic E-state index is -0.303. The second-order valence-electron chi connectivity index (χ2n) is 3.70. The third-order valence-electron chi connectivity index (χ3n) is 2.11. The maximum Gasteiger partial charge on any atom is 0.220 e. The predicted molar refractivity (Wildman–Crippen MR) is 69.1 cm³/mol. The van der Waals surface area contributed by atoms with Gasteiger partial charge in [0, 0.05) is 11.5 Å². The van der Waals surface area contributed by atoms with Gasteiger partial charge in [-0.05, 0) is 30.7 Å². The molecule has 1 aromatic rings. The molecule has 0 saturated carbocycles. The van der Waals surface area contributed by atoms with Gasteiger partial charge in [0.1, 0.15) is 11.6 Å². The van der Waals surface area contributed by atoms with Gasteiger partial charge in [0.25, 0.3) is 0 Å². The quantitative estimate of drug-likeness (QED) is 0.775. The average molecular weight is 272 g/mol. The van der Waals surface area contributed by atoms with Crippen molar-refractivity contribution < 1.29 is 13.9 Å². The van der Waals surface area contributed by atoms with Gasteiger partial charge < -0.3 is 10.1 Å². The summed E-state index contributed by atoms with van der Waals surface area (Å²) in [5.41, 5.74) is 0. The monoisotopic (exact) mass is 271 g/mol. The van der Waals surface area contributed by atoms with E-state index in [4.69, 9.17) is 16.3 Å². The zero-order chi connectivity index (χ0) is 13.4. The summed E-state index contributed by atoms with van der Waals surface area (Å²) in [6, 6.07) is 5.75. The molecule has 1 N–H and O–H groups in total. The number of halogens is 2. The van der Waals surface area contributed by atoms with Crippen LogP contribution >= 0.6 is 11.6 Å². The van der Waals surface area contributed by atoms with Gasteiger partial charge in [-0.3, -0.25) is 4.79 Å². The van der Waals surface area contributed by atoms with Crippen LogP contribution in [0.4, 0.5) is 4.39 Å². The molecule has 0 saturated heterocycles. The number of rotatable bonds is 7. The molecule has 5 heteroatoms. The lowest BCUT2D eigenvalue weighted by Gasteiger charge is -2.06. The van der Waals surface area contributed by atoms with Crippen LogP contribution in [0.1, 0.15) is 12.8 Å².